The number of benzene rings is 1. The normalized spacial score (nSPS) is 20.4. The van der Waals surface area contributed by atoms with E-state index in [1.54, 1.807) is 12.2 Å². The van der Waals surface area contributed by atoms with Crippen molar-refractivity contribution in [3.8, 4) is 0 Å². The summed E-state index contributed by atoms with van der Waals surface area (Å²) in [5, 5.41) is 12.4. The smallest absolute Gasteiger partial charge is 0.310 e. The highest BCUT2D eigenvalue weighted by molar-refractivity contribution is 7.99. The van der Waals surface area contributed by atoms with Crippen LogP contribution in [0.15, 0.2) is 41.3 Å². The van der Waals surface area contributed by atoms with Crippen LogP contribution in [-0.2, 0) is 9.59 Å². The predicted octanol–water partition coefficient (Wildman–Crippen LogP) is 2.97. The van der Waals surface area contributed by atoms with Gasteiger partial charge >= 0.3 is 5.97 Å². The summed E-state index contributed by atoms with van der Waals surface area (Å²) in [5.41, 5.74) is 0. The van der Waals surface area contributed by atoms with Gasteiger partial charge in [-0.25, -0.2) is 0 Å². The third kappa shape index (κ3) is 4.79. The molecule has 1 aromatic rings. The standard InChI is InChI=1S/C15H16ClNO3S/c16-12-3-1-2-4-13(12)21-8-7-14(18)17-11-6-5-10(9-11)15(19)20/h1-6,10-11H,7-9H2,(H,17,18)(H,19,20). The van der Waals surface area contributed by atoms with Crippen molar-refractivity contribution < 1.29 is 14.7 Å². The van der Waals surface area contributed by atoms with Crippen molar-refractivity contribution in [1.82, 2.24) is 5.32 Å². The number of carbonyl (C=O) groups is 2. The SMILES string of the molecule is O=C(CCSc1ccccc1Cl)NC1C=CC(C(=O)O)C1. The van der Waals surface area contributed by atoms with Crippen LogP contribution in [0.4, 0.5) is 0 Å². The Morgan fingerprint density at radius 1 is 1.33 bits per heavy atom. The minimum absolute atomic E-state index is 0.0738. The van der Waals surface area contributed by atoms with E-state index in [1.165, 1.54) is 11.8 Å². The summed E-state index contributed by atoms with van der Waals surface area (Å²) in [6.07, 6.45) is 4.18. The molecule has 0 heterocycles. The van der Waals surface area contributed by atoms with Gasteiger partial charge in [-0.2, -0.15) is 0 Å². The van der Waals surface area contributed by atoms with Gasteiger partial charge in [-0.1, -0.05) is 35.9 Å². The summed E-state index contributed by atoms with van der Waals surface area (Å²) >= 11 is 7.57. The second-order valence-corrected chi connectivity index (χ2v) is 6.31. The van der Waals surface area contributed by atoms with Gasteiger partial charge in [-0.15, -0.1) is 11.8 Å². The van der Waals surface area contributed by atoms with E-state index in [1.807, 2.05) is 24.3 Å². The van der Waals surface area contributed by atoms with Crippen LogP contribution in [0, 0.1) is 5.92 Å². The Morgan fingerprint density at radius 3 is 2.76 bits per heavy atom. The summed E-state index contributed by atoms with van der Waals surface area (Å²) in [4.78, 5) is 23.6. The fourth-order valence-electron chi connectivity index (χ4n) is 2.08. The van der Waals surface area contributed by atoms with E-state index in [0.29, 0.717) is 23.6 Å². The summed E-state index contributed by atoms with van der Waals surface area (Å²) in [5.74, 6) is -0.783. The molecule has 0 radical (unpaired) electrons. The number of thioether (sulfide) groups is 1. The van der Waals surface area contributed by atoms with Crippen LogP contribution in [0.3, 0.4) is 0 Å². The number of amides is 1. The number of hydrogen-bond acceptors (Lipinski definition) is 3. The van der Waals surface area contributed by atoms with E-state index >= 15 is 0 Å². The zero-order valence-corrected chi connectivity index (χ0v) is 12.9. The molecule has 4 nitrogen and oxygen atoms in total. The molecule has 2 atom stereocenters. The highest BCUT2D eigenvalue weighted by Crippen LogP contribution is 2.27. The Labute approximate surface area is 132 Å². The number of carbonyl (C=O) groups excluding carboxylic acids is 1. The number of halogens is 1. The molecule has 1 aromatic carbocycles. The van der Waals surface area contributed by atoms with E-state index in [9.17, 15) is 9.59 Å². The molecular weight excluding hydrogens is 310 g/mol. The van der Waals surface area contributed by atoms with Gasteiger partial charge in [0.15, 0.2) is 0 Å². The molecule has 0 aromatic heterocycles. The fourth-order valence-corrected chi connectivity index (χ4v) is 3.27. The van der Waals surface area contributed by atoms with Gasteiger partial charge in [-0.05, 0) is 18.6 Å². The highest BCUT2D eigenvalue weighted by Gasteiger charge is 2.25. The Kier molecular flexibility index (Phi) is 5.70. The molecule has 2 unspecified atom stereocenters. The van der Waals surface area contributed by atoms with Gasteiger partial charge in [0.2, 0.25) is 5.91 Å². The van der Waals surface area contributed by atoms with Crippen LogP contribution < -0.4 is 5.32 Å². The zero-order valence-electron chi connectivity index (χ0n) is 11.3. The minimum Gasteiger partial charge on any atom is -0.481 e. The van der Waals surface area contributed by atoms with Crippen molar-refractivity contribution in [2.24, 2.45) is 5.92 Å². The first-order valence-corrected chi connectivity index (χ1v) is 8.00. The monoisotopic (exact) mass is 325 g/mol. The first-order valence-electron chi connectivity index (χ1n) is 6.64. The maximum absolute atomic E-state index is 11.8. The average Bonchev–Trinajstić information content (AvgIpc) is 2.89. The first kappa shape index (κ1) is 15.9. The number of nitrogens with one attached hydrogen (secondary N) is 1. The quantitative estimate of drug-likeness (QED) is 0.623. The first-order chi connectivity index (χ1) is 10.1. The van der Waals surface area contributed by atoms with Crippen LogP contribution >= 0.6 is 23.4 Å². The molecule has 0 spiro atoms. The van der Waals surface area contributed by atoms with Crippen molar-refractivity contribution in [2.45, 2.75) is 23.8 Å². The molecule has 0 aliphatic heterocycles. The second-order valence-electron chi connectivity index (χ2n) is 4.77. The number of aliphatic carboxylic acids is 1. The maximum Gasteiger partial charge on any atom is 0.310 e. The van der Waals surface area contributed by atoms with Crippen molar-refractivity contribution in [2.75, 3.05) is 5.75 Å². The Bertz CT molecular complexity index is 562. The molecule has 0 saturated heterocycles. The molecule has 1 amide bonds. The van der Waals surface area contributed by atoms with Gasteiger partial charge < -0.3 is 10.4 Å². The van der Waals surface area contributed by atoms with Crippen molar-refractivity contribution in [3.63, 3.8) is 0 Å². The molecule has 0 bridgehead atoms. The van der Waals surface area contributed by atoms with E-state index in [-0.39, 0.29) is 11.9 Å². The van der Waals surface area contributed by atoms with Crippen molar-refractivity contribution in [1.29, 1.82) is 0 Å². The average molecular weight is 326 g/mol. The largest absolute Gasteiger partial charge is 0.481 e. The van der Waals surface area contributed by atoms with Gasteiger partial charge in [0.1, 0.15) is 0 Å². The zero-order chi connectivity index (χ0) is 15.2. The molecule has 112 valence electrons. The van der Waals surface area contributed by atoms with Gasteiger partial charge in [0.05, 0.1) is 10.9 Å². The minimum atomic E-state index is -0.850. The lowest BCUT2D eigenvalue weighted by atomic mass is 10.1. The highest BCUT2D eigenvalue weighted by atomic mass is 35.5. The Hall–Kier alpha value is -1.46. The number of carboxylic acids is 1. The number of carboxylic acid groups (broad SMARTS) is 1. The van der Waals surface area contributed by atoms with Crippen LogP contribution in [0.25, 0.3) is 0 Å². The summed E-state index contributed by atoms with van der Waals surface area (Å²) in [6, 6.07) is 7.33. The molecule has 6 heteroatoms. The van der Waals surface area contributed by atoms with Crippen LogP contribution in [0.2, 0.25) is 5.02 Å². The molecule has 2 rings (SSSR count). The molecular formula is C15H16ClNO3S. The van der Waals surface area contributed by atoms with Gasteiger partial charge in [0, 0.05) is 23.1 Å². The molecule has 0 fully saturated rings. The maximum atomic E-state index is 11.8. The molecule has 0 saturated carbocycles. The van der Waals surface area contributed by atoms with E-state index in [2.05, 4.69) is 5.32 Å². The number of rotatable bonds is 6. The van der Waals surface area contributed by atoms with Crippen LogP contribution in [-0.4, -0.2) is 28.8 Å². The van der Waals surface area contributed by atoms with Crippen molar-refractivity contribution in [3.05, 3.63) is 41.4 Å². The number of hydrogen-bond donors (Lipinski definition) is 2. The van der Waals surface area contributed by atoms with Crippen molar-refractivity contribution >= 4 is 35.2 Å². The lowest BCUT2D eigenvalue weighted by Crippen LogP contribution is -2.33. The van der Waals surface area contributed by atoms with E-state index < -0.39 is 11.9 Å². The topological polar surface area (TPSA) is 66.4 Å². The molecule has 1 aliphatic carbocycles. The summed E-state index contributed by atoms with van der Waals surface area (Å²) in [6.45, 7) is 0. The lowest BCUT2D eigenvalue weighted by Gasteiger charge is -2.12. The van der Waals surface area contributed by atoms with E-state index in [4.69, 9.17) is 16.7 Å². The predicted molar refractivity (Wildman–Crippen MR) is 83.6 cm³/mol. The summed E-state index contributed by atoms with van der Waals surface area (Å²) in [7, 11) is 0. The molecule has 2 N–H and O–H groups in total. The Morgan fingerprint density at radius 2 is 2.10 bits per heavy atom. The molecule has 21 heavy (non-hydrogen) atoms. The summed E-state index contributed by atoms with van der Waals surface area (Å²) < 4.78 is 0. The lowest BCUT2D eigenvalue weighted by molar-refractivity contribution is -0.140. The van der Waals surface area contributed by atoms with Gasteiger partial charge in [0.25, 0.3) is 0 Å². The third-order valence-electron chi connectivity index (χ3n) is 3.17. The van der Waals surface area contributed by atoms with Crippen LogP contribution in [0.1, 0.15) is 12.8 Å². The third-order valence-corrected chi connectivity index (χ3v) is 4.69. The van der Waals surface area contributed by atoms with Gasteiger partial charge in [-0.3, -0.25) is 9.59 Å². The molecule has 1 aliphatic rings. The Balaban J connectivity index is 1.70. The fraction of sp³-hybridized carbons (Fsp3) is 0.333. The van der Waals surface area contributed by atoms with E-state index in [0.717, 1.165) is 4.90 Å². The van der Waals surface area contributed by atoms with Crippen LogP contribution in [0.5, 0.6) is 0 Å². The second kappa shape index (κ2) is 7.52.